The molecule has 10 aromatic carbocycles. The average molecular weight is 753 g/mol. The van der Waals surface area contributed by atoms with Crippen molar-refractivity contribution in [3.05, 3.63) is 218 Å². The first-order valence-electron chi connectivity index (χ1n) is 20.2. The van der Waals surface area contributed by atoms with E-state index in [9.17, 15) is 0 Å². The predicted octanol–water partition coefficient (Wildman–Crippen LogP) is 15.8. The van der Waals surface area contributed by atoms with Gasteiger partial charge in [-0.3, -0.25) is 0 Å². The zero-order chi connectivity index (χ0) is 38.9. The van der Waals surface area contributed by atoms with Crippen molar-refractivity contribution in [2.24, 2.45) is 0 Å². The van der Waals surface area contributed by atoms with Crippen molar-refractivity contribution in [1.82, 2.24) is 4.57 Å². The Hall–Kier alpha value is -7.88. The molecule has 0 amide bonds. The van der Waals surface area contributed by atoms with Crippen LogP contribution in [0.2, 0.25) is 0 Å². The molecule has 0 saturated heterocycles. The molecular formula is C56H36N2O. The number of hydrogen-bond donors (Lipinski definition) is 0. The summed E-state index contributed by atoms with van der Waals surface area (Å²) in [6.07, 6.45) is 0. The lowest BCUT2D eigenvalue weighted by molar-refractivity contribution is 0.670. The Morgan fingerprint density at radius 2 is 0.932 bits per heavy atom. The second-order valence-electron chi connectivity index (χ2n) is 15.3. The van der Waals surface area contributed by atoms with E-state index in [1.165, 1.54) is 48.9 Å². The molecule has 0 bridgehead atoms. The first-order valence-corrected chi connectivity index (χ1v) is 20.2. The molecule has 0 unspecified atom stereocenters. The van der Waals surface area contributed by atoms with Crippen molar-refractivity contribution in [1.29, 1.82) is 0 Å². The topological polar surface area (TPSA) is 21.3 Å². The number of hydrogen-bond acceptors (Lipinski definition) is 2. The number of aromatic nitrogens is 1. The van der Waals surface area contributed by atoms with E-state index in [2.05, 4.69) is 228 Å². The van der Waals surface area contributed by atoms with Gasteiger partial charge in [-0.2, -0.15) is 0 Å². The molecule has 12 aromatic rings. The highest BCUT2D eigenvalue weighted by Gasteiger charge is 2.24. The summed E-state index contributed by atoms with van der Waals surface area (Å²) in [5.41, 5.74) is 12.8. The zero-order valence-electron chi connectivity index (χ0n) is 32.1. The van der Waals surface area contributed by atoms with Crippen LogP contribution in [0.1, 0.15) is 0 Å². The molecule has 0 aliphatic carbocycles. The maximum atomic E-state index is 6.86. The third-order valence-electron chi connectivity index (χ3n) is 11.9. The van der Waals surface area contributed by atoms with Crippen LogP contribution in [0.15, 0.2) is 223 Å². The van der Waals surface area contributed by atoms with E-state index >= 15 is 0 Å². The fraction of sp³-hybridized carbons (Fsp3) is 0. The number of para-hydroxylation sites is 6. The largest absolute Gasteiger partial charge is 0.455 e. The van der Waals surface area contributed by atoms with E-state index in [1.54, 1.807) is 0 Å². The number of nitrogens with zero attached hydrogens (tertiary/aromatic N) is 2. The fourth-order valence-electron chi connectivity index (χ4n) is 9.22. The van der Waals surface area contributed by atoms with E-state index in [4.69, 9.17) is 4.42 Å². The second kappa shape index (κ2) is 13.4. The molecular weight excluding hydrogens is 717 g/mol. The zero-order valence-corrected chi connectivity index (χ0v) is 32.1. The minimum atomic E-state index is 0.880. The minimum absolute atomic E-state index is 0.880. The molecule has 0 aliphatic heterocycles. The third-order valence-corrected chi connectivity index (χ3v) is 11.9. The first-order chi connectivity index (χ1) is 29.3. The molecule has 3 heteroatoms. The molecule has 2 heterocycles. The summed E-state index contributed by atoms with van der Waals surface area (Å²) < 4.78 is 9.28. The maximum Gasteiger partial charge on any atom is 0.143 e. The van der Waals surface area contributed by atoms with E-state index in [-0.39, 0.29) is 0 Å². The van der Waals surface area contributed by atoms with Crippen molar-refractivity contribution in [2.45, 2.75) is 0 Å². The molecule has 12 rings (SSSR count). The smallest absolute Gasteiger partial charge is 0.143 e. The Bertz CT molecular complexity index is 3540. The molecule has 0 aliphatic rings. The highest BCUT2D eigenvalue weighted by atomic mass is 16.3. The van der Waals surface area contributed by atoms with E-state index in [0.717, 1.165) is 61.4 Å². The van der Waals surface area contributed by atoms with Gasteiger partial charge in [0.05, 0.1) is 28.1 Å². The van der Waals surface area contributed by atoms with E-state index in [0.29, 0.717) is 0 Å². The van der Waals surface area contributed by atoms with Gasteiger partial charge in [0, 0.05) is 38.4 Å². The normalized spacial score (nSPS) is 11.7. The summed E-state index contributed by atoms with van der Waals surface area (Å²) in [5, 5.41) is 9.51. The number of rotatable bonds is 6. The van der Waals surface area contributed by atoms with Gasteiger partial charge in [0.15, 0.2) is 0 Å². The van der Waals surface area contributed by atoms with Crippen LogP contribution in [-0.4, -0.2) is 4.57 Å². The monoisotopic (exact) mass is 752 g/mol. The minimum Gasteiger partial charge on any atom is -0.455 e. The molecule has 3 nitrogen and oxygen atoms in total. The molecule has 59 heavy (non-hydrogen) atoms. The van der Waals surface area contributed by atoms with Crippen LogP contribution in [0.5, 0.6) is 0 Å². The quantitative estimate of drug-likeness (QED) is 0.169. The molecule has 0 saturated carbocycles. The van der Waals surface area contributed by atoms with Crippen LogP contribution >= 0.6 is 0 Å². The van der Waals surface area contributed by atoms with Crippen molar-refractivity contribution in [2.75, 3.05) is 4.90 Å². The van der Waals surface area contributed by atoms with Gasteiger partial charge in [0.25, 0.3) is 0 Å². The van der Waals surface area contributed by atoms with Gasteiger partial charge in [-0.15, -0.1) is 0 Å². The SMILES string of the molecule is c1cc(-c2ccc3ccccc3c2)cc(N(c2ccccc2-c2cccc3c2oc2cc4ccccc4cc23)c2ccccc2-n2c3ccccc3c3ccccc32)c1. The lowest BCUT2D eigenvalue weighted by Crippen LogP contribution is -2.14. The number of benzene rings is 10. The molecule has 0 spiro atoms. The highest BCUT2D eigenvalue weighted by molar-refractivity contribution is 6.14. The molecule has 0 radical (unpaired) electrons. The highest BCUT2D eigenvalue weighted by Crippen LogP contribution is 2.47. The van der Waals surface area contributed by atoms with Gasteiger partial charge >= 0.3 is 0 Å². The van der Waals surface area contributed by atoms with Crippen LogP contribution in [0.4, 0.5) is 17.1 Å². The maximum absolute atomic E-state index is 6.86. The van der Waals surface area contributed by atoms with E-state index in [1.807, 2.05) is 0 Å². The van der Waals surface area contributed by atoms with Crippen LogP contribution in [0.3, 0.4) is 0 Å². The Kier molecular flexibility index (Phi) is 7.54. The van der Waals surface area contributed by atoms with Gasteiger partial charge in [-0.1, -0.05) is 158 Å². The summed E-state index contributed by atoms with van der Waals surface area (Å²) in [5.74, 6) is 0. The standard InChI is InChI=1S/C56H36N2O/c1-2-16-38-33-42(32-31-37(38)15-1)39-19-13-20-43(34-39)57(53-29-11-12-30-54(53)58-51-27-9-5-21-44(51)45-22-6-10-28-52(45)58)50-26-8-7-23-46(50)47-24-14-25-48-49-35-40-17-3-4-18-41(40)36-55(49)59-56(47)48/h1-36H. The Morgan fingerprint density at radius 1 is 0.356 bits per heavy atom. The predicted molar refractivity (Wildman–Crippen MR) is 249 cm³/mol. The van der Waals surface area contributed by atoms with Gasteiger partial charge in [-0.05, 0) is 93.3 Å². The molecule has 2 aromatic heterocycles. The third kappa shape index (κ3) is 5.36. The Labute approximate surface area is 341 Å². The first kappa shape index (κ1) is 33.3. The number of furan rings is 1. The average Bonchev–Trinajstić information content (AvgIpc) is 3.84. The van der Waals surface area contributed by atoms with Crippen LogP contribution in [0, 0.1) is 0 Å². The molecule has 0 atom stereocenters. The second-order valence-corrected chi connectivity index (χ2v) is 15.3. The summed E-state index contributed by atoms with van der Waals surface area (Å²) in [7, 11) is 0. The number of fused-ring (bicyclic) bond motifs is 8. The summed E-state index contributed by atoms with van der Waals surface area (Å²) in [6.45, 7) is 0. The van der Waals surface area contributed by atoms with Gasteiger partial charge in [0.2, 0.25) is 0 Å². The van der Waals surface area contributed by atoms with Gasteiger partial charge < -0.3 is 13.9 Å². The van der Waals surface area contributed by atoms with Crippen molar-refractivity contribution < 1.29 is 4.42 Å². The van der Waals surface area contributed by atoms with E-state index < -0.39 is 0 Å². The van der Waals surface area contributed by atoms with Crippen LogP contribution < -0.4 is 4.90 Å². The number of anilines is 3. The van der Waals surface area contributed by atoms with Crippen molar-refractivity contribution >= 4 is 82.4 Å². The lowest BCUT2D eigenvalue weighted by atomic mass is 9.98. The van der Waals surface area contributed by atoms with Gasteiger partial charge in [0.1, 0.15) is 11.2 Å². The van der Waals surface area contributed by atoms with Crippen molar-refractivity contribution in [3.8, 4) is 27.9 Å². The summed E-state index contributed by atoms with van der Waals surface area (Å²) in [4.78, 5) is 2.44. The fourth-order valence-corrected chi connectivity index (χ4v) is 9.22. The molecule has 0 N–H and O–H groups in total. The van der Waals surface area contributed by atoms with Crippen molar-refractivity contribution in [3.63, 3.8) is 0 Å². The Morgan fingerprint density at radius 3 is 1.73 bits per heavy atom. The Balaban J connectivity index is 1.13. The molecule has 276 valence electrons. The van der Waals surface area contributed by atoms with Crippen LogP contribution in [0.25, 0.3) is 93.2 Å². The lowest BCUT2D eigenvalue weighted by Gasteiger charge is -2.30. The van der Waals surface area contributed by atoms with Gasteiger partial charge in [-0.25, -0.2) is 0 Å². The molecule has 0 fully saturated rings. The summed E-state index contributed by atoms with van der Waals surface area (Å²) >= 11 is 0. The summed E-state index contributed by atoms with van der Waals surface area (Å²) in [6, 6.07) is 78.8. The van der Waals surface area contributed by atoms with Crippen LogP contribution in [-0.2, 0) is 0 Å².